The molecule has 0 aliphatic carbocycles. The van der Waals surface area contributed by atoms with Crippen LogP contribution in [0.3, 0.4) is 0 Å². The number of aromatic nitrogens is 3. The van der Waals surface area contributed by atoms with E-state index in [1.165, 1.54) is 18.2 Å². The van der Waals surface area contributed by atoms with Crippen LogP contribution in [0.25, 0.3) is 11.3 Å². The van der Waals surface area contributed by atoms with Gasteiger partial charge in [-0.05, 0) is 56.9 Å². The molecule has 0 bridgehead atoms. The first-order valence-corrected chi connectivity index (χ1v) is 12.0. The summed E-state index contributed by atoms with van der Waals surface area (Å²) in [7, 11) is 4.18. The van der Waals surface area contributed by atoms with Crippen molar-refractivity contribution in [3.05, 3.63) is 79.0 Å². The first-order valence-electron chi connectivity index (χ1n) is 12.0. The number of ether oxygens (including phenoxy) is 1. The van der Waals surface area contributed by atoms with Crippen molar-refractivity contribution in [1.29, 1.82) is 0 Å². The largest absolute Gasteiger partial charge is 0.457 e. The van der Waals surface area contributed by atoms with Crippen molar-refractivity contribution < 1.29 is 13.9 Å². The van der Waals surface area contributed by atoms with Crippen LogP contribution in [0.15, 0.2) is 73.2 Å². The zero-order valence-corrected chi connectivity index (χ0v) is 20.6. The van der Waals surface area contributed by atoms with Crippen LogP contribution < -0.4 is 20.3 Å². The summed E-state index contributed by atoms with van der Waals surface area (Å²) in [5, 5.41) is 12.0. The van der Waals surface area contributed by atoms with E-state index in [9.17, 15) is 9.18 Å². The maximum atomic E-state index is 14.5. The normalized spacial score (nSPS) is 15.1. The summed E-state index contributed by atoms with van der Waals surface area (Å²) in [6, 6.07) is 15.2. The minimum Gasteiger partial charge on any atom is -0.457 e. The SMILES string of the molecule is CN(C)C1CCN(c2cccc(NC(=O)Nc3cc(Oc4ccnc(-c5cn[nH]c5)c4)ccc3F)c2)C1. The number of rotatable bonds is 7. The van der Waals surface area contributed by atoms with Crippen LogP contribution in [-0.4, -0.2) is 59.3 Å². The number of anilines is 3. The van der Waals surface area contributed by atoms with E-state index in [1.807, 2.05) is 18.2 Å². The summed E-state index contributed by atoms with van der Waals surface area (Å²) in [6.45, 7) is 1.89. The molecule has 5 rings (SSSR count). The van der Waals surface area contributed by atoms with Crippen LogP contribution in [0, 0.1) is 5.82 Å². The average Bonchev–Trinajstić information content (AvgIpc) is 3.60. The van der Waals surface area contributed by atoms with Gasteiger partial charge in [0.15, 0.2) is 0 Å². The van der Waals surface area contributed by atoms with Crippen molar-refractivity contribution in [2.24, 2.45) is 0 Å². The molecule has 1 saturated heterocycles. The molecule has 0 spiro atoms. The van der Waals surface area contributed by atoms with Gasteiger partial charge in [0.05, 0.1) is 17.6 Å². The maximum absolute atomic E-state index is 14.5. The summed E-state index contributed by atoms with van der Waals surface area (Å²) in [5.41, 5.74) is 3.16. The van der Waals surface area contributed by atoms with Gasteiger partial charge in [0, 0.05) is 60.6 Å². The molecule has 4 aromatic rings. The van der Waals surface area contributed by atoms with E-state index in [-0.39, 0.29) is 5.69 Å². The molecule has 9 nitrogen and oxygen atoms in total. The van der Waals surface area contributed by atoms with Crippen molar-refractivity contribution in [1.82, 2.24) is 20.1 Å². The van der Waals surface area contributed by atoms with E-state index in [1.54, 1.807) is 36.8 Å². The Labute approximate surface area is 214 Å². The second kappa shape index (κ2) is 10.7. The monoisotopic (exact) mass is 501 g/mol. The second-order valence-electron chi connectivity index (χ2n) is 9.09. The van der Waals surface area contributed by atoms with E-state index >= 15 is 0 Å². The average molecular weight is 502 g/mol. The Hall–Kier alpha value is -4.44. The lowest BCUT2D eigenvalue weighted by Gasteiger charge is -2.22. The summed E-state index contributed by atoms with van der Waals surface area (Å²) >= 11 is 0. The van der Waals surface area contributed by atoms with Crippen LogP contribution in [-0.2, 0) is 0 Å². The molecular formula is C27H28FN7O2. The smallest absolute Gasteiger partial charge is 0.323 e. The number of benzene rings is 2. The predicted molar refractivity (Wildman–Crippen MR) is 142 cm³/mol. The number of urea groups is 1. The number of carbonyl (C=O) groups is 1. The Bertz CT molecular complexity index is 1380. The number of aromatic amines is 1. The third kappa shape index (κ3) is 5.87. The number of nitrogens with zero attached hydrogens (tertiary/aromatic N) is 4. The number of hydrogen-bond donors (Lipinski definition) is 3. The van der Waals surface area contributed by atoms with Gasteiger partial charge in [-0.15, -0.1) is 0 Å². The van der Waals surface area contributed by atoms with Crippen molar-refractivity contribution in [2.75, 3.05) is 42.7 Å². The molecule has 0 radical (unpaired) electrons. The highest BCUT2D eigenvalue weighted by Gasteiger charge is 2.24. The van der Waals surface area contributed by atoms with Crippen molar-refractivity contribution >= 4 is 23.1 Å². The van der Waals surface area contributed by atoms with Crippen LogP contribution in [0.5, 0.6) is 11.5 Å². The Morgan fingerprint density at radius 1 is 1.14 bits per heavy atom. The number of amides is 2. The van der Waals surface area contributed by atoms with Crippen LogP contribution in [0.2, 0.25) is 0 Å². The first kappa shape index (κ1) is 24.3. The van der Waals surface area contributed by atoms with Crippen LogP contribution >= 0.6 is 0 Å². The number of hydrogen-bond acceptors (Lipinski definition) is 6. The number of likely N-dealkylation sites (N-methyl/N-ethyl adjacent to an activating group) is 1. The van der Waals surface area contributed by atoms with Crippen molar-refractivity contribution in [2.45, 2.75) is 12.5 Å². The third-order valence-electron chi connectivity index (χ3n) is 6.31. The standard InChI is InChI=1S/C27H28FN7O2/c1-34(2)21-9-11-35(17-21)20-5-3-4-19(12-20)32-27(36)33-26-14-22(6-7-24(26)28)37-23-8-10-29-25(13-23)18-15-30-31-16-18/h3-8,10,12-16,21H,9,11,17H2,1-2H3,(H,30,31)(H2,32,33,36). The van der Waals surface area contributed by atoms with E-state index in [4.69, 9.17) is 4.74 Å². The highest BCUT2D eigenvalue weighted by atomic mass is 19.1. The Morgan fingerprint density at radius 3 is 2.78 bits per heavy atom. The second-order valence-corrected chi connectivity index (χ2v) is 9.09. The first-order chi connectivity index (χ1) is 17.9. The van der Waals surface area contributed by atoms with E-state index in [2.05, 4.69) is 49.7 Å². The van der Waals surface area contributed by atoms with Gasteiger partial charge in [-0.3, -0.25) is 10.1 Å². The summed E-state index contributed by atoms with van der Waals surface area (Å²) in [4.78, 5) is 21.5. The van der Waals surface area contributed by atoms with Crippen molar-refractivity contribution in [3.8, 4) is 22.8 Å². The van der Waals surface area contributed by atoms with Gasteiger partial charge in [0.1, 0.15) is 17.3 Å². The zero-order valence-electron chi connectivity index (χ0n) is 20.6. The quantitative estimate of drug-likeness (QED) is 0.323. The van der Waals surface area contributed by atoms with Crippen LogP contribution in [0.1, 0.15) is 6.42 Å². The maximum Gasteiger partial charge on any atom is 0.323 e. The lowest BCUT2D eigenvalue weighted by atomic mass is 10.2. The number of halogens is 1. The molecule has 1 atom stereocenters. The lowest BCUT2D eigenvalue weighted by molar-refractivity contribution is 0.262. The molecule has 1 aliphatic heterocycles. The molecule has 3 heterocycles. The molecule has 190 valence electrons. The molecular weight excluding hydrogens is 473 g/mol. The minimum absolute atomic E-state index is 0.00337. The van der Waals surface area contributed by atoms with Gasteiger partial charge in [0.2, 0.25) is 0 Å². The molecule has 1 aliphatic rings. The Balaban J connectivity index is 1.24. The van der Waals surface area contributed by atoms with E-state index in [0.29, 0.717) is 28.9 Å². The van der Waals surface area contributed by atoms with Gasteiger partial charge >= 0.3 is 6.03 Å². The molecule has 3 N–H and O–H groups in total. The predicted octanol–water partition coefficient (Wildman–Crippen LogP) is 5.19. The highest BCUT2D eigenvalue weighted by molar-refractivity contribution is 6.00. The van der Waals surface area contributed by atoms with Crippen molar-refractivity contribution in [3.63, 3.8) is 0 Å². The summed E-state index contributed by atoms with van der Waals surface area (Å²) in [6.07, 6.45) is 6.09. The van der Waals surface area contributed by atoms with Gasteiger partial charge in [0.25, 0.3) is 0 Å². The molecule has 10 heteroatoms. The molecule has 0 saturated carbocycles. The van der Waals surface area contributed by atoms with Gasteiger partial charge < -0.3 is 25.2 Å². The fraction of sp³-hybridized carbons (Fsp3) is 0.222. The summed E-state index contributed by atoms with van der Waals surface area (Å²) < 4.78 is 20.4. The third-order valence-corrected chi connectivity index (χ3v) is 6.31. The number of carbonyl (C=O) groups excluding carboxylic acids is 1. The topological polar surface area (TPSA) is 98.4 Å². The molecule has 1 unspecified atom stereocenters. The zero-order chi connectivity index (χ0) is 25.8. The number of H-pyrrole nitrogens is 1. The molecule has 1 fully saturated rings. The van der Waals surface area contributed by atoms with E-state index in [0.717, 1.165) is 30.8 Å². The Kier molecular flexibility index (Phi) is 7.00. The fourth-order valence-electron chi connectivity index (χ4n) is 4.29. The van der Waals surface area contributed by atoms with Gasteiger partial charge in [-0.1, -0.05) is 6.07 Å². The molecule has 2 aromatic heterocycles. The van der Waals surface area contributed by atoms with E-state index < -0.39 is 11.8 Å². The molecule has 37 heavy (non-hydrogen) atoms. The molecule has 2 aromatic carbocycles. The van der Waals surface area contributed by atoms with Gasteiger partial charge in [-0.25, -0.2) is 9.18 Å². The minimum atomic E-state index is -0.572. The highest BCUT2D eigenvalue weighted by Crippen LogP contribution is 2.29. The number of pyridine rings is 1. The fourth-order valence-corrected chi connectivity index (χ4v) is 4.29. The lowest BCUT2D eigenvalue weighted by Crippen LogP contribution is -2.31. The van der Waals surface area contributed by atoms with Gasteiger partial charge in [-0.2, -0.15) is 5.10 Å². The Morgan fingerprint density at radius 2 is 2.00 bits per heavy atom. The number of nitrogens with one attached hydrogen (secondary N) is 3. The summed E-state index contributed by atoms with van der Waals surface area (Å²) in [5.74, 6) is 0.313. The molecule has 2 amide bonds. The van der Waals surface area contributed by atoms with Crippen LogP contribution in [0.4, 0.5) is 26.2 Å².